The Morgan fingerprint density at radius 1 is 1.06 bits per heavy atom. The van der Waals surface area contributed by atoms with Crippen LogP contribution in [0.1, 0.15) is 5.69 Å². The van der Waals surface area contributed by atoms with E-state index in [-0.39, 0.29) is 12.1 Å². The maximum Gasteiger partial charge on any atom is 0.219 e. The van der Waals surface area contributed by atoms with Gasteiger partial charge in [-0.25, -0.2) is 28.4 Å². The van der Waals surface area contributed by atoms with Crippen molar-refractivity contribution in [1.29, 1.82) is 0 Å². The topological polar surface area (TPSA) is 140 Å². The summed E-state index contributed by atoms with van der Waals surface area (Å²) in [7, 11) is -3.15. The monoisotopic (exact) mass is 476 g/mol. The van der Waals surface area contributed by atoms with Crippen LogP contribution in [0.15, 0.2) is 12.4 Å². The number of nitrogen functional groups attached to an aromatic ring is 1. The van der Waals surface area contributed by atoms with Gasteiger partial charge >= 0.3 is 0 Å². The molecule has 1 atom stereocenters. The Morgan fingerprint density at radius 2 is 1.76 bits per heavy atom. The molecular formula is C20H28N8O4S. The number of rotatable bonds is 5. The molecule has 0 saturated carbocycles. The number of sulfonamides is 1. The van der Waals surface area contributed by atoms with Crippen molar-refractivity contribution in [2.24, 2.45) is 0 Å². The Hall–Kier alpha value is -2.61. The molecule has 5 rings (SSSR count). The molecule has 3 aliphatic heterocycles. The third kappa shape index (κ3) is 4.86. The predicted molar refractivity (Wildman–Crippen MR) is 121 cm³/mol. The number of nitrogens with two attached hydrogens (primary N) is 1. The molecule has 1 unspecified atom stereocenters. The zero-order chi connectivity index (χ0) is 23.0. The van der Waals surface area contributed by atoms with Crippen LogP contribution in [0.25, 0.3) is 11.4 Å². The summed E-state index contributed by atoms with van der Waals surface area (Å²) in [5.74, 6) is 2.23. The van der Waals surface area contributed by atoms with E-state index in [9.17, 15) is 8.42 Å². The van der Waals surface area contributed by atoms with Crippen LogP contribution in [-0.2, 0) is 21.2 Å². The third-order valence-corrected chi connectivity index (χ3v) is 7.43. The molecule has 0 spiro atoms. The molecule has 13 heteroatoms. The molecule has 33 heavy (non-hydrogen) atoms. The Balaban J connectivity index is 1.36. The van der Waals surface area contributed by atoms with Gasteiger partial charge in [-0.05, 0) is 0 Å². The third-order valence-electron chi connectivity index (χ3n) is 6.13. The number of anilines is 2. The first-order valence-corrected chi connectivity index (χ1v) is 12.9. The molecule has 0 radical (unpaired) electrons. The molecule has 12 nitrogen and oxygen atoms in total. The van der Waals surface area contributed by atoms with Crippen LogP contribution in [0.4, 0.5) is 11.8 Å². The lowest BCUT2D eigenvalue weighted by Gasteiger charge is -2.34. The molecular weight excluding hydrogens is 448 g/mol. The Bertz CT molecular complexity index is 1100. The van der Waals surface area contributed by atoms with Crippen molar-refractivity contribution in [3.63, 3.8) is 0 Å². The number of morpholine rings is 1. The van der Waals surface area contributed by atoms with E-state index in [0.29, 0.717) is 63.7 Å². The Morgan fingerprint density at radius 3 is 2.42 bits per heavy atom. The standard InChI is InChI=1S/C20H28N8O4S/c1-33(29,30)28-4-2-26(3-5-28)13-15-10-16-17(32-15)19(27-6-8-31-9-7-27)25-18(24-16)14-11-22-20(21)23-12-14/h11-12,15H,2-10,13H2,1H3,(H2,21,22,23). The smallest absolute Gasteiger partial charge is 0.219 e. The number of ether oxygens (including phenoxy) is 2. The van der Waals surface area contributed by atoms with Gasteiger partial charge in [0.25, 0.3) is 0 Å². The number of hydrogen-bond acceptors (Lipinski definition) is 11. The molecule has 5 heterocycles. The summed E-state index contributed by atoms with van der Waals surface area (Å²) in [5, 5.41) is 0. The molecule has 2 N–H and O–H groups in total. The van der Waals surface area contributed by atoms with Crippen LogP contribution in [0, 0.1) is 0 Å². The normalized spacial score (nSPS) is 22.2. The Labute approximate surface area is 192 Å². The molecule has 3 aliphatic rings. The summed E-state index contributed by atoms with van der Waals surface area (Å²) < 4.78 is 37.0. The minimum absolute atomic E-state index is 0.0724. The first kappa shape index (κ1) is 22.2. The van der Waals surface area contributed by atoms with Gasteiger partial charge in [0, 0.05) is 64.6 Å². The number of aromatic nitrogens is 4. The molecule has 2 aromatic heterocycles. The quantitative estimate of drug-likeness (QED) is 0.582. The minimum atomic E-state index is -3.15. The van der Waals surface area contributed by atoms with Crippen LogP contribution in [0.3, 0.4) is 0 Å². The second kappa shape index (κ2) is 8.97. The van der Waals surface area contributed by atoms with Crippen molar-refractivity contribution in [2.75, 3.05) is 75.9 Å². The van der Waals surface area contributed by atoms with Crippen LogP contribution < -0.4 is 15.4 Å². The molecule has 178 valence electrons. The second-order valence-electron chi connectivity index (χ2n) is 8.48. The highest BCUT2D eigenvalue weighted by molar-refractivity contribution is 7.88. The van der Waals surface area contributed by atoms with Gasteiger partial charge in [-0.1, -0.05) is 0 Å². The van der Waals surface area contributed by atoms with Crippen molar-refractivity contribution in [3.8, 4) is 17.1 Å². The highest BCUT2D eigenvalue weighted by Gasteiger charge is 2.34. The molecule has 2 aromatic rings. The van der Waals surface area contributed by atoms with Gasteiger partial charge in [-0.3, -0.25) is 4.90 Å². The largest absolute Gasteiger partial charge is 0.483 e. The van der Waals surface area contributed by atoms with E-state index in [1.165, 1.54) is 10.6 Å². The molecule has 0 aliphatic carbocycles. The fourth-order valence-electron chi connectivity index (χ4n) is 4.37. The van der Waals surface area contributed by atoms with E-state index in [0.717, 1.165) is 30.4 Å². The zero-order valence-corrected chi connectivity index (χ0v) is 19.4. The minimum Gasteiger partial charge on any atom is -0.483 e. The van der Waals surface area contributed by atoms with Crippen LogP contribution in [0.5, 0.6) is 5.75 Å². The predicted octanol–water partition coefficient (Wildman–Crippen LogP) is -0.767. The summed E-state index contributed by atoms with van der Waals surface area (Å²) >= 11 is 0. The van der Waals surface area contributed by atoms with Crippen molar-refractivity contribution in [2.45, 2.75) is 12.5 Å². The fraction of sp³-hybridized carbons (Fsp3) is 0.600. The molecule has 2 fully saturated rings. The van der Waals surface area contributed by atoms with Crippen LogP contribution >= 0.6 is 0 Å². The van der Waals surface area contributed by atoms with Crippen molar-refractivity contribution >= 4 is 21.8 Å². The number of piperazine rings is 1. The van der Waals surface area contributed by atoms with E-state index < -0.39 is 10.0 Å². The lowest BCUT2D eigenvalue weighted by Crippen LogP contribution is -2.50. The van der Waals surface area contributed by atoms with Gasteiger partial charge in [0.15, 0.2) is 17.4 Å². The van der Waals surface area contributed by atoms with E-state index in [1.807, 2.05) is 0 Å². The lowest BCUT2D eigenvalue weighted by atomic mass is 10.2. The lowest BCUT2D eigenvalue weighted by molar-refractivity contribution is 0.116. The average Bonchev–Trinajstić information content (AvgIpc) is 3.21. The van der Waals surface area contributed by atoms with Gasteiger partial charge in [-0.15, -0.1) is 0 Å². The number of nitrogens with zero attached hydrogens (tertiary/aromatic N) is 7. The van der Waals surface area contributed by atoms with E-state index in [1.54, 1.807) is 12.4 Å². The van der Waals surface area contributed by atoms with Crippen molar-refractivity contribution in [3.05, 3.63) is 18.1 Å². The zero-order valence-electron chi connectivity index (χ0n) is 18.6. The highest BCUT2D eigenvalue weighted by Crippen LogP contribution is 2.38. The van der Waals surface area contributed by atoms with Gasteiger partial charge in [0.1, 0.15) is 6.10 Å². The van der Waals surface area contributed by atoms with Gasteiger partial charge in [0.05, 0.1) is 30.7 Å². The van der Waals surface area contributed by atoms with E-state index in [4.69, 9.17) is 25.2 Å². The maximum absolute atomic E-state index is 11.8. The summed E-state index contributed by atoms with van der Waals surface area (Å²) in [6, 6.07) is 0. The summed E-state index contributed by atoms with van der Waals surface area (Å²) in [5.41, 5.74) is 7.19. The van der Waals surface area contributed by atoms with Crippen molar-refractivity contribution < 1.29 is 17.9 Å². The molecule has 0 amide bonds. The fourth-order valence-corrected chi connectivity index (χ4v) is 5.20. The Kier molecular flexibility index (Phi) is 6.03. The van der Waals surface area contributed by atoms with Crippen molar-refractivity contribution in [1.82, 2.24) is 29.1 Å². The summed E-state index contributed by atoms with van der Waals surface area (Å²) in [6.07, 6.45) is 5.10. The number of fused-ring (bicyclic) bond motifs is 1. The second-order valence-corrected chi connectivity index (χ2v) is 10.5. The SMILES string of the molecule is CS(=O)(=O)N1CCN(CC2Cc3nc(-c4cnc(N)nc4)nc(N4CCOCC4)c3O2)CC1. The van der Waals surface area contributed by atoms with Gasteiger partial charge < -0.3 is 20.1 Å². The maximum atomic E-state index is 11.8. The first-order valence-electron chi connectivity index (χ1n) is 11.0. The highest BCUT2D eigenvalue weighted by atomic mass is 32.2. The molecule has 0 aromatic carbocycles. The van der Waals surface area contributed by atoms with E-state index >= 15 is 0 Å². The molecule has 0 bridgehead atoms. The van der Waals surface area contributed by atoms with Crippen LogP contribution in [0.2, 0.25) is 0 Å². The van der Waals surface area contributed by atoms with Gasteiger partial charge in [0.2, 0.25) is 16.0 Å². The van der Waals surface area contributed by atoms with Crippen LogP contribution in [-0.4, -0.2) is 109 Å². The van der Waals surface area contributed by atoms with E-state index in [2.05, 4.69) is 19.8 Å². The van der Waals surface area contributed by atoms with Gasteiger partial charge in [-0.2, -0.15) is 4.31 Å². The first-order chi connectivity index (χ1) is 15.9. The molecule has 2 saturated heterocycles. The average molecular weight is 477 g/mol. The summed E-state index contributed by atoms with van der Waals surface area (Å²) in [4.78, 5) is 22.1. The summed E-state index contributed by atoms with van der Waals surface area (Å²) in [6.45, 7) is 5.78. The number of hydrogen-bond donors (Lipinski definition) is 1.